The van der Waals surface area contributed by atoms with Crippen molar-refractivity contribution in [2.45, 2.75) is 25.3 Å². The lowest BCUT2D eigenvalue weighted by molar-refractivity contribution is -0.130. The lowest BCUT2D eigenvalue weighted by Crippen LogP contribution is -2.25. The molecule has 0 saturated carbocycles. The van der Waals surface area contributed by atoms with Gasteiger partial charge in [-0.15, -0.1) is 0 Å². The fraction of sp³-hybridized carbons (Fsp3) is 0.222. The highest BCUT2D eigenvalue weighted by atomic mass is 32.1. The van der Waals surface area contributed by atoms with Crippen molar-refractivity contribution in [2.24, 2.45) is 0 Å². The summed E-state index contributed by atoms with van der Waals surface area (Å²) in [6.07, 6.45) is -4.81. The second kappa shape index (κ2) is 6.80. The average molecular weight is 397 g/mol. The van der Waals surface area contributed by atoms with E-state index in [4.69, 9.17) is 0 Å². The van der Waals surface area contributed by atoms with E-state index in [1.165, 1.54) is 19.9 Å². The quantitative estimate of drug-likeness (QED) is 0.492. The molecule has 0 fully saturated rings. The van der Waals surface area contributed by atoms with Crippen molar-refractivity contribution < 1.29 is 21.8 Å². The van der Waals surface area contributed by atoms with Gasteiger partial charge in [-0.3, -0.25) is 9.36 Å². The minimum absolute atomic E-state index is 0.0265. The van der Waals surface area contributed by atoms with Crippen molar-refractivity contribution in [3.05, 3.63) is 69.5 Å². The number of fused-ring (bicyclic) bond motifs is 1. The van der Waals surface area contributed by atoms with E-state index >= 15 is 0 Å². The minimum Gasteiger partial charge on any atom is -0.268 e. The van der Waals surface area contributed by atoms with Gasteiger partial charge in [0.2, 0.25) is 0 Å². The number of rotatable bonds is 3. The van der Waals surface area contributed by atoms with Crippen molar-refractivity contribution in [2.75, 3.05) is 0 Å². The molecule has 0 aliphatic rings. The van der Waals surface area contributed by atoms with Crippen LogP contribution in [-0.2, 0) is 15.9 Å². The van der Waals surface area contributed by atoms with Crippen molar-refractivity contribution >= 4 is 22.6 Å². The fourth-order valence-electron chi connectivity index (χ4n) is 2.94. The standard InChI is InChI=1S/C18H13F4N2O2S/c1-9-7-13(19)15(8-12(9)16(27-26)18(20,21)22)24-10(2)23-14-6-4-3-5-11(14)17(24)25/h3-8,16H,1-2H3/q+1. The maximum atomic E-state index is 14.6. The molecule has 0 N–H and O–H groups in total. The highest BCUT2D eigenvalue weighted by molar-refractivity contribution is 7.66. The van der Waals surface area contributed by atoms with Crippen LogP contribution in [0.5, 0.6) is 0 Å². The van der Waals surface area contributed by atoms with Gasteiger partial charge >= 0.3 is 23.1 Å². The Morgan fingerprint density at radius 2 is 1.81 bits per heavy atom. The van der Waals surface area contributed by atoms with Gasteiger partial charge in [-0.1, -0.05) is 12.1 Å². The molecule has 4 nitrogen and oxygen atoms in total. The summed E-state index contributed by atoms with van der Waals surface area (Å²) in [6, 6.07) is 8.19. The van der Waals surface area contributed by atoms with Gasteiger partial charge in [0.15, 0.2) is 0 Å². The lowest BCUT2D eigenvalue weighted by Gasteiger charge is -2.15. The molecule has 3 aromatic rings. The molecular formula is C18H13F4N2O2S+. The first kappa shape index (κ1) is 19.1. The largest absolute Gasteiger partial charge is 0.477 e. The Morgan fingerprint density at radius 1 is 1.15 bits per heavy atom. The highest BCUT2D eigenvalue weighted by Gasteiger charge is 2.52. The van der Waals surface area contributed by atoms with E-state index in [2.05, 4.69) is 4.98 Å². The average Bonchev–Trinajstić information content (AvgIpc) is 2.57. The Labute approximate surface area is 155 Å². The van der Waals surface area contributed by atoms with Gasteiger partial charge < -0.3 is 0 Å². The van der Waals surface area contributed by atoms with Gasteiger partial charge in [0.25, 0.3) is 5.56 Å². The maximum Gasteiger partial charge on any atom is 0.477 e. The van der Waals surface area contributed by atoms with E-state index < -0.39 is 40.0 Å². The van der Waals surface area contributed by atoms with Crippen LogP contribution in [-0.4, -0.2) is 15.7 Å². The molecule has 0 aliphatic heterocycles. The molecule has 1 aromatic heterocycles. The Hall–Kier alpha value is -2.68. The van der Waals surface area contributed by atoms with Gasteiger partial charge in [0.05, 0.1) is 16.6 Å². The fourth-order valence-corrected chi connectivity index (χ4v) is 3.41. The van der Waals surface area contributed by atoms with Crippen LogP contribution in [0.15, 0.2) is 41.2 Å². The Balaban J connectivity index is 2.33. The summed E-state index contributed by atoms with van der Waals surface area (Å²) in [7, 11) is 0. The van der Waals surface area contributed by atoms with Gasteiger partial charge in [-0.05, 0) is 43.7 Å². The number of aryl methyl sites for hydroxylation is 2. The van der Waals surface area contributed by atoms with Crippen LogP contribution < -0.4 is 5.56 Å². The van der Waals surface area contributed by atoms with E-state index in [0.29, 0.717) is 5.52 Å². The summed E-state index contributed by atoms with van der Waals surface area (Å²) >= 11 is -0.636. The molecule has 0 saturated heterocycles. The molecule has 0 radical (unpaired) electrons. The predicted octanol–water partition coefficient (Wildman–Crippen LogP) is 4.17. The van der Waals surface area contributed by atoms with Gasteiger partial charge in [0.1, 0.15) is 11.6 Å². The van der Waals surface area contributed by atoms with Crippen molar-refractivity contribution in [1.82, 2.24) is 9.55 Å². The second-order valence-corrected chi connectivity index (χ2v) is 6.66. The molecule has 0 amide bonds. The number of alkyl halides is 3. The van der Waals surface area contributed by atoms with Crippen molar-refractivity contribution in [1.29, 1.82) is 0 Å². The zero-order valence-corrected chi connectivity index (χ0v) is 15.0. The van der Waals surface area contributed by atoms with Crippen molar-refractivity contribution in [3.63, 3.8) is 0 Å². The molecule has 140 valence electrons. The van der Waals surface area contributed by atoms with E-state index in [-0.39, 0.29) is 22.5 Å². The van der Waals surface area contributed by atoms with Crippen LogP contribution in [0.4, 0.5) is 17.6 Å². The van der Waals surface area contributed by atoms with Crippen LogP contribution in [0, 0.1) is 19.7 Å². The third-order valence-electron chi connectivity index (χ3n) is 4.20. The van der Waals surface area contributed by atoms with Crippen LogP contribution >= 0.6 is 0 Å². The Kier molecular flexibility index (Phi) is 4.81. The monoisotopic (exact) mass is 397 g/mol. The van der Waals surface area contributed by atoms with E-state index in [1.54, 1.807) is 18.2 Å². The molecule has 0 bridgehead atoms. The summed E-state index contributed by atoms with van der Waals surface area (Å²) in [5.41, 5.74) is -1.00. The van der Waals surface area contributed by atoms with Gasteiger partial charge in [0, 0.05) is 9.77 Å². The third kappa shape index (κ3) is 3.34. The summed E-state index contributed by atoms with van der Waals surface area (Å²) in [4.78, 5) is 17.0. The summed E-state index contributed by atoms with van der Waals surface area (Å²) in [5.74, 6) is -0.763. The molecule has 3 rings (SSSR count). The van der Waals surface area contributed by atoms with Crippen LogP contribution in [0.3, 0.4) is 0 Å². The smallest absolute Gasteiger partial charge is 0.268 e. The molecule has 27 heavy (non-hydrogen) atoms. The molecule has 1 heterocycles. The number of benzene rings is 2. The number of hydrogen-bond donors (Lipinski definition) is 0. The first-order valence-corrected chi connectivity index (χ1v) is 8.59. The number of hydrogen-bond acceptors (Lipinski definition) is 3. The summed E-state index contributed by atoms with van der Waals surface area (Å²) in [5, 5.41) is -2.17. The zero-order valence-electron chi connectivity index (χ0n) is 14.2. The van der Waals surface area contributed by atoms with E-state index in [1.807, 2.05) is 0 Å². The first-order chi connectivity index (χ1) is 12.6. The predicted molar refractivity (Wildman–Crippen MR) is 93.6 cm³/mol. The topological polar surface area (TPSA) is 52.0 Å². The van der Waals surface area contributed by atoms with Crippen molar-refractivity contribution in [3.8, 4) is 5.69 Å². The molecule has 0 spiro atoms. The molecule has 1 unspecified atom stereocenters. The van der Waals surface area contributed by atoms with E-state index in [9.17, 15) is 26.6 Å². The Morgan fingerprint density at radius 3 is 2.44 bits per heavy atom. The molecule has 0 aliphatic carbocycles. The third-order valence-corrected chi connectivity index (χ3v) is 4.91. The molecule has 9 heteroatoms. The molecular weight excluding hydrogens is 384 g/mol. The lowest BCUT2D eigenvalue weighted by atomic mass is 10.0. The van der Waals surface area contributed by atoms with Crippen LogP contribution in [0.1, 0.15) is 22.2 Å². The zero-order chi connectivity index (χ0) is 19.9. The van der Waals surface area contributed by atoms with Gasteiger partial charge in [-0.2, -0.15) is 13.2 Å². The molecule has 1 atom stereocenters. The number of nitrogens with zero attached hydrogens (tertiary/aromatic N) is 2. The normalized spacial score (nSPS) is 13.0. The summed E-state index contributed by atoms with van der Waals surface area (Å²) in [6.45, 7) is 2.74. The maximum absolute atomic E-state index is 14.6. The second-order valence-electron chi connectivity index (χ2n) is 5.99. The summed E-state index contributed by atoms with van der Waals surface area (Å²) < 4.78 is 66.2. The minimum atomic E-state index is -4.81. The van der Waals surface area contributed by atoms with Gasteiger partial charge in [-0.25, -0.2) is 9.37 Å². The molecule has 2 aromatic carbocycles. The van der Waals surface area contributed by atoms with Crippen LogP contribution in [0.2, 0.25) is 0 Å². The number of halogens is 4. The number of aromatic nitrogens is 2. The van der Waals surface area contributed by atoms with Crippen LogP contribution in [0.25, 0.3) is 16.6 Å². The first-order valence-electron chi connectivity index (χ1n) is 7.79. The number of para-hydroxylation sites is 1. The van der Waals surface area contributed by atoms with E-state index in [0.717, 1.165) is 16.7 Å². The highest BCUT2D eigenvalue weighted by Crippen LogP contribution is 2.37. The SMILES string of the molecule is Cc1cc(F)c(-n2c(C)nc3ccccc3c2=O)cc1C([S+]=O)C(F)(F)F. The Bertz CT molecular complexity index is 1110.